The van der Waals surface area contributed by atoms with Crippen molar-refractivity contribution in [3.8, 4) is 0 Å². The highest BCUT2D eigenvalue weighted by molar-refractivity contribution is 6.31. The van der Waals surface area contributed by atoms with Gasteiger partial charge in [0.1, 0.15) is 12.5 Å². The van der Waals surface area contributed by atoms with Crippen LogP contribution in [-0.4, -0.2) is 35.4 Å². The van der Waals surface area contributed by atoms with Crippen LogP contribution in [0.25, 0.3) is 0 Å². The van der Waals surface area contributed by atoms with E-state index in [0.717, 1.165) is 11.8 Å². The largest absolute Gasteiger partial charge is 0.320 e. The molecule has 0 radical (unpaired) electrons. The molecule has 1 aromatic carbocycles. The zero-order valence-corrected chi connectivity index (χ0v) is 14.4. The Balaban J connectivity index is 1.77. The molecular formula is C15H14ClN7O3. The highest BCUT2D eigenvalue weighted by Gasteiger charge is 2.27. The Labute approximate surface area is 152 Å². The van der Waals surface area contributed by atoms with Crippen LogP contribution in [0, 0.1) is 10.1 Å². The third-order valence-electron chi connectivity index (χ3n) is 3.58. The van der Waals surface area contributed by atoms with E-state index >= 15 is 0 Å². The van der Waals surface area contributed by atoms with Gasteiger partial charge in [-0.1, -0.05) is 29.8 Å². The molecule has 0 spiro atoms. The second-order valence-corrected chi connectivity index (χ2v) is 5.67. The summed E-state index contributed by atoms with van der Waals surface area (Å²) in [6, 6.07) is 7.29. The number of nitrogens with one attached hydrogen (secondary N) is 1. The van der Waals surface area contributed by atoms with Gasteiger partial charge in [0.15, 0.2) is 0 Å². The van der Waals surface area contributed by atoms with Gasteiger partial charge in [0.2, 0.25) is 11.6 Å². The number of nitro groups is 1. The molecule has 3 aromatic rings. The molecule has 2 aromatic heterocycles. The summed E-state index contributed by atoms with van der Waals surface area (Å²) in [4.78, 5) is 26.8. The van der Waals surface area contributed by atoms with Gasteiger partial charge in [-0.05, 0) is 18.6 Å². The number of anilines is 1. The second-order valence-electron chi connectivity index (χ2n) is 5.26. The number of carbonyl (C=O) groups is 1. The molecule has 0 saturated heterocycles. The Bertz CT molecular complexity index is 966. The topological polar surface area (TPSA) is 121 Å². The van der Waals surface area contributed by atoms with Gasteiger partial charge in [0.05, 0.1) is 11.5 Å². The van der Waals surface area contributed by atoms with Crippen molar-refractivity contribution in [3.63, 3.8) is 0 Å². The average Bonchev–Trinajstić information content (AvgIpc) is 3.23. The van der Waals surface area contributed by atoms with Crippen LogP contribution in [-0.2, 0) is 13.1 Å². The molecule has 0 atom stereocenters. The first-order chi connectivity index (χ1) is 12.5. The third kappa shape index (κ3) is 3.54. The highest BCUT2D eigenvalue weighted by Crippen LogP contribution is 2.19. The Morgan fingerprint density at radius 2 is 2.15 bits per heavy atom. The molecule has 11 heteroatoms. The molecule has 134 valence electrons. The molecule has 1 amide bonds. The summed E-state index contributed by atoms with van der Waals surface area (Å²) in [5.74, 6) is -0.674. The van der Waals surface area contributed by atoms with E-state index in [1.807, 2.05) is 18.2 Å². The molecular weight excluding hydrogens is 362 g/mol. The van der Waals surface area contributed by atoms with Gasteiger partial charge in [-0.15, -0.1) is 5.10 Å². The summed E-state index contributed by atoms with van der Waals surface area (Å²) in [6.45, 7) is 2.41. The van der Waals surface area contributed by atoms with Gasteiger partial charge >= 0.3 is 5.69 Å². The third-order valence-corrected chi connectivity index (χ3v) is 3.95. The lowest BCUT2D eigenvalue weighted by Gasteiger charge is -2.04. The molecule has 0 fully saturated rings. The van der Waals surface area contributed by atoms with Crippen LogP contribution in [0.4, 0.5) is 11.6 Å². The minimum absolute atomic E-state index is 0.0280. The molecule has 2 heterocycles. The first kappa shape index (κ1) is 17.5. The number of hydrogen-bond donors (Lipinski definition) is 1. The van der Waals surface area contributed by atoms with Gasteiger partial charge in [0, 0.05) is 11.6 Å². The van der Waals surface area contributed by atoms with E-state index in [1.165, 1.54) is 15.7 Å². The fourth-order valence-corrected chi connectivity index (χ4v) is 2.57. The molecule has 0 unspecified atom stereocenters. The smallest absolute Gasteiger partial charge is 0.288 e. The van der Waals surface area contributed by atoms with Crippen molar-refractivity contribution in [1.82, 2.24) is 24.5 Å². The number of halogens is 1. The Morgan fingerprint density at radius 1 is 1.38 bits per heavy atom. The average molecular weight is 376 g/mol. The summed E-state index contributed by atoms with van der Waals surface area (Å²) in [7, 11) is 0. The standard InChI is InChI=1S/C15H14ClN7O3/c1-2-22-13(12(7-18-22)23(25)26)14(24)19-15-17-9-21(20-15)8-10-5-3-4-6-11(10)16/h3-7,9H,2,8H2,1H3,(H,19,20,24). The number of aryl methyl sites for hydroxylation is 1. The second kappa shape index (κ2) is 7.31. The lowest BCUT2D eigenvalue weighted by atomic mass is 10.2. The van der Waals surface area contributed by atoms with Gasteiger partial charge < -0.3 is 0 Å². The first-order valence-electron chi connectivity index (χ1n) is 7.64. The van der Waals surface area contributed by atoms with Crippen molar-refractivity contribution >= 4 is 29.1 Å². The Hall–Kier alpha value is -3.27. The van der Waals surface area contributed by atoms with E-state index in [4.69, 9.17) is 11.6 Å². The van der Waals surface area contributed by atoms with Gasteiger partial charge in [-0.3, -0.25) is 24.9 Å². The zero-order chi connectivity index (χ0) is 18.7. The van der Waals surface area contributed by atoms with Crippen LogP contribution in [0.5, 0.6) is 0 Å². The minimum atomic E-state index is -0.702. The molecule has 10 nitrogen and oxygen atoms in total. The van der Waals surface area contributed by atoms with Crippen molar-refractivity contribution in [2.24, 2.45) is 0 Å². The predicted octanol–water partition coefficient (Wildman–Crippen LogP) is 2.36. The molecule has 0 aliphatic rings. The lowest BCUT2D eigenvalue weighted by molar-refractivity contribution is -0.385. The van der Waals surface area contributed by atoms with Gasteiger partial charge in [-0.2, -0.15) is 5.10 Å². The van der Waals surface area contributed by atoms with E-state index in [-0.39, 0.29) is 17.3 Å². The number of hydrogen-bond acceptors (Lipinski definition) is 6. The van der Waals surface area contributed by atoms with E-state index in [2.05, 4.69) is 20.5 Å². The summed E-state index contributed by atoms with van der Waals surface area (Å²) < 4.78 is 2.75. The quantitative estimate of drug-likeness (QED) is 0.521. The van der Waals surface area contributed by atoms with Crippen LogP contribution in [0.3, 0.4) is 0 Å². The number of aromatic nitrogens is 5. The fourth-order valence-electron chi connectivity index (χ4n) is 2.37. The van der Waals surface area contributed by atoms with Crippen molar-refractivity contribution in [1.29, 1.82) is 0 Å². The maximum Gasteiger partial charge on any atom is 0.320 e. The van der Waals surface area contributed by atoms with E-state index in [0.29, 0.717) is 18.1 Å². The van der Waals surface area contributed by atoms with E-state index in [1.54, 1.807) is 13.0 Å². The fraction of sp³-hybridized carbons (Fsp3) is 0.200. The summed E-state index contributed by atoms with van der Waals surface area (Å²) in [6.07, 6.45) is 2.48. The van der Waals surface area contributed by atoms with Crippen molar-refractivity contribution in [2.75, 3.05) is 5.32 Å². The zero-order valence-electron chi connectivity index (χ0n) is 13.7. The summed E-state index contributed by atoms with van der Waals surface area (Å²) in [5, 5.41) is 22.1. The maximum absolute atomic E-state index is 12.4. The molecule has 0 aliphatic carbocycles. The highest BCUT2D eigenvalue weighted by atomic mass is 35.5. The molecule has 0 aliphatic heterocycles. The van der Waals surface area contributed by atoms with Crippen LogP contribution >= 0.6 is 11.6 Å². The van der Waals surface area contributed by atoms with Crippen LogP contribution in [0.1, 0.15) is 23.0 Å². The molecule has 0 saturated carbocycles. The minimum Gasteiger partial charge on any atom is -0.288 e. The molecule has 1 N–H and O–H groups in total. The Morgan fingerprint density at radius 3 is 2.85 bits per heavy atom. The lowest BCUT2D eigenvalue weighted by Crippen LogP contribution is -2.19. The molecule has 3 rings (SSSR count). The number of nitrogens with zero attached hydrogens (tertiary/aromatic N) is 6. The summed E-state index contributed by atoms with van der Waals surface area (Å²) in [5.41, 5.74) is 0.316. The number of amides is 1. The number of rotatable bonds is 6. The monoisotopic (exact) mass is 375 g/mol. The van der Waals surface area contributed by atoms with Crippen molar-refractivity contribution < 1.29 is 9.72 Å². The van der Waals surface area contributed by atoms with Gasteiger partial charge in [0.25, 0.3) is 5.91 Å². The summed E-state index contributed by atoms with van der Waals surface area (Å²) >= 11 is 6.11. The normalized spacial score (nSPS) is 10.7. The van der Waals surface area contributed by atoms with Crippen LogP contribution in [0.2, 0.25) is 5.02 Å². The number of benzene rings is 1. The van der Waals surface area contributed by atoms with E-state index < -0.39 is 10.8 Å². The molecule has 26 heavy (non-hydrogen) atoms. The maximum atomic E-state index is 12.4. The van der Waals surface area contributed by atoms with Crippen LogP contribution < -0.4 is 5.32 Å². The predicted molar refractivity (Wildman–Crippen MR) is 93.1 cm³/mol. The van der Waals surface area contributed by atoms with Crippen LogP contribution in [0.15, 0.2) is 36.8 Å². The van der Waals surface area contributed by atoms with E-state index in [9.17, 15) is 14.9 Å². The van der Waals surface area contributed by atoms with Gasteiger partial charge in [-0.25, -0.2) is 9.67 Å². The number of carbonyl (C=O) groups excluding carboxylic acids is 1. The Kier molecular flexibility index (Phi) is 4.94. The SMILES string of the molecule is CCn1ncc([N+](=O)[O-])c1C(=O)Nc1ncn(Cc2ccccc2Cl)n1. The first-order valence-corrected chi connectivity index (χ1v) is 8.01. The van der Waals surface area contributed by atoms with Crippen molar-refractivity contribution in [2.45, 2.75) is 20.0 Å². The van der Waals surface area contributed by atoms with Crippen molar-refractivity contribution in [3.05, 3.63) is 63.2 Å². The molecule has 0 bridgehead atoms.